The zero-order valence-electron chi connectivity index (χ0n) is 17.0. The molecular weight excluding hydrogens is 337 g/mol. The molecule has 0 amide bonds. The summed E-state index contributed by atoms with van der Waals surface area (Å²) in [6.07, 6.45) is 2.85. The van der Waals surface area contributed by atoms with Crippen molar-refractivity contribution < 1.29 is 11.9 Å². The van der Waals surface area contributed by atoms with Gasteiger partial charge in [-0.2, -0.15) is 0 Å². The maximum Gasteiger partial charge on any atom is 0.195 e. The minimum absolute atomic E-state index is 0.0168. The molecule has 0 N–H and O–H groups in total. The molecule has 0 saturated heterocycles. The van der Waals surface area contributed by atoms with E-state index in [4.69, 9.17) is 2.74 Å². The van der Waals surface area contributed by atoms with Crippen molar-refractivity contribution in [3.8, 4) is 0 Å². The van der Waals surface area contributed by atoms with Gasteiger partial charge in [-0.25, -0.2) is 0 Å². The lowest BCUT2D eigenvalue weighted by Gasteiger charge is -2.05. The first-order valence-electron chi connectivity index (χ1n) is 10.2. The van der Waals surface area contributed by atoms with Gasteiger partial charge in [0.1, 0.15) is 0 Å². The van der Waals surface area contributed by atoms with Crippen LogP contribution in [0, 0.1) is 0 Å². The fraction of sp³-hybridized carbons (Fsp3) is 0.208. The Morgan fingerprint density at radius 1 is 0.852 bits per heavy atom. The Hall–Kier alpha value is -2.94. The second-order valence-corrected chi connectivity index (χ2v) is 6.70. The fourth-order valence-corrected chi connectivity index (χ4v) is 3.66. The number of aryl methyl sites for hydroxylation is 1. The molecule has 1 heterocycles. The highest BCUT2D eigenvalue weighted by Crippen LogP contribution is 2.27. The maximum atomic E-state index is 13.4. The molecule has 136 valence electrons. The van der Waals surface area contributed by atoms with E-state index in [9.17, 15) is 9.18 Å². The molecule has 3 heteroatoms. The van der Waals surface area contributed by atoms with E-state index in [0.29, 0.717) is 30.5 Å². The van der Waals surface area contributed by atoms with E-state index in [-0.39, 0.29) is 12.2 Å². The first-order valence-corrected chi connectivity index (χ1v) is 9.23. The van der Waals surface area contributed by atoms with Crippen LogP contribution in [0.25, 0.3) is 21.7 Å². The Labute approximate surface area is 161 Å². The molecule has 4 rings (SSSR count). The zero-order valence-corrected chi connectivity index (χ0v) is 15.0. The number of carbonyl (C=O) groups excluding carboxylic acids is 1. The van der Waals surface area contributed by atoms with E-state index >= 15 is 0 Å². The zero-order chi connectivity index (χ0) is 20.4. The molecule has 0 aliphatic heterocycles. The summed E-state index contributed by atoms with van der Waals surface area (Å²) in [4.78, 5) is 13.4. The summed E-state index contributed by atoms with van der Waals surface area (Å²) in [5, 5.41) is 2.86. The van der Waals surface area contributed by atoms with Crippen LogP contribution in [0.4, 0.5) is 4.39 Å². The Kier molecular flexibility index (Phi) is 4.35. The number of fused-ring (bicyclic) bond motifs is 2. The van der Waals surface area contributed by atoms with Gasteiger partial charge in [0.15, 0.2) is 5.78 Å². The van der Waals surface area contributed by atoms with Crippen molar-refractivity contribution in [1.29, 1.82) is 0 Å². The van der Waals surface area contributed by atoms with Crippen LogP contribution in [-0.4, -0.2) is 17.0 Å². The van der Waals surface area contributed by atoms with Crippen molar-refractivity contribution >= 4 is 27.5 Å². The number of alkyl halides is 1. The highest BCUT2D eigenvalue weighted by molar-refractivity contribution is 6.21. The second kappa shape index (κ2) is 7.75. The third-order valence-electron chi connectivity index (χ3n) is 4.99. The van der Waals surface area contributed by atoms with Gasteiger partial charge in [-0.1, -0.05) is 60.7 Å². The van der Waals surface area contributed by atoms with Crippen LogP contribution < -0.4 is 0 Å². The van der Waals surface area contributed by atoms with Gasteiger partial charge in [0.25, 0.3) is 0 Å². The number of benzene rings is 3. The fourth-order valence-electron chi connectivity index (χ4n) is 3.66. The van der Waals surface area contributed by atoms with Crippen molar-refractivity contribution in [3.05, 3.63) is 84.1 Å². The van der Waals surface area contributed by atoms with Gasteiger partial charge in [0, 0.05) is 34.8 Å². The Morgan fingerprint density at radius 2 is 1.59 bits per heavy atom. The highest BCUT2D eigenvalue weighted by atomic mass is 19.1. The molecule has 0 bridgehead atoms. The Bertz CT molecular complexity index is 1170. The number of rotatable bonds is 7. The SMILES string of the molecule is [2H]C([2H])(F)CCCCn1cc(C(=O)c2cccc3ccccc23)c2ccccc21. The predicted octanol–water partition coefficient (Wildman–Crippen LogP) is 6.17. The molecule has 0 unspecified atom stereocenters. The summed E-state index contributed by atoms with van der Waals surface area (Å²) in [6, 6.07) is 21.4. The molecular formula is C24H22FNO. The van der Waals surface area contributed by atoms with Crippen LogP contribution in [0.2, 0.25) is 0 Å². The lowest BCUT2D eigenvalue weighted by molar-refractivity contribution is 0.104. The van der Waals surface area contributed by atoms with Crippen molar-refractivity contribution in [1.82, 2.24) is 4.57 Å². The van der Waals surface area contributed by atoms with E-state index in [1.165, 1.54) is 0 Å². The van der Waals surface area contributed by atoms with Crippen molar-refractivity contribution in [2.75, 3.05) is 6.63 Å². The number of para-hydroxylation sites is 1. The van der Waals surface area contributed by atoms with Gasteiger partial charge in [-0.3, -0.25) is 9.18 Å². The molecule has 0 fully saturated rings. The number of nitrogens with zero attached hydrogens (tertiary/aromatic N) is 1. The second-order valence-electron chi connectivity index (χ2n) is 6.70. The Morgan fingerprint density at radius 3 is 2.44 bits per heavy atom. The molecule has 0 radical (unpaired) electrons. The average molecular weight is 361 g/mol. The van der Waals surface area contributed by atoms with Gasteiger partial charge >= 0.3 is 0 Å². The number of carbonyl (C=O) groups is 1. The van der Waals surface area contributed by atoms with Crippen LogP contribution in [-0.2, 0) is 6.54 Å². The lowest BCUT2D eigenvalue weighted by Crippen LogP contribution is -2.02. The van der Waals surface area contributed by atoms with Crippen molar-refractivity contribution in [2.45, 2.75) is 25.8 Å². The molecule has 1 aromatic heterocycles. The summed E-state index contributed by atoms with van der Waals surface area (Å²) in [6.45, 7) is -2.02. The van der Waals surface area contributed by atoms with Gasteiger partial charge < -0.3 is 4.57 Å². The maximum absolute atomic E-state index is 13.4. The third kappa shape index (κ3) is 3.37. The molecule has 0 saturated carbocycles. The molecule has 3 aromatic carbocycles. The van der Waals surface area contributed by atoms with Gasteiger partial charge in [0.2, 0.25) is 0 Å². The normalized spacial score (nSPS) is 12.9. The number of aromatic nitrogens is 1. The van der Waals surface area contributed by atoms with Crippen molar-refractivity contribution in [2.24, 2.45) is 0 Å². The molecule has 27 heavy (non-hydrogen) atoms. The number of unbranched alkanes of at least 4 members (excludes halogenated alkanes) is 1. The first kappa shape index (κ1) is 15.2. The van der Waals surface area contributed by atoms with E-state index in [2.05, 4.69) is 0 Å². The quantitative estimate of drug-likeness (QED) is 0.285. The monoisotopic (exact) mass is 361 g/mol. The Balaban J connectivity index is 1.68. The summed E-state index contributed by atoms with van der Waals surface area (Å²) in [5.74, 6) is -0.0168. The topological polar surface area (TPSA) is 22.0 Å². The van der Waals surface area contributed by atoms with Crippen LogP contribution in [0.1, 0.15) is 37.9 Å². The summed E-state index contributed by atoms with van der Waals surface area (Å²) in [5.41, 5.74) is 2.29. The van der Waals surface area contributed by atoms with Gasteiger partial charge in [-0.15, -0.1) is 0 Å². The number of ketones is 1. The summed E-state index contributed by atoms with van der Waals surface area (Å²) in [7, 11) is 0. The van der Waals surface area contributed by atoms with Gasteiger partial charge in [0.05, 0.1) is 9.37 Å². The average Bonchev–Trinajstić information content (AvgIpc) is 3.08. The molecule has 2 nitrogen and oxygen atoms in total. The molecule has 0 aliphatic rings. The van der Waals surface area contributed by atoms with Crippen LogP contribution in [0.3, 0.4) is 0 Å². The largest absolute Gasteiger partial charge is 0.347 e. The van der Waals surface area contributed by atoms with E-state index < -0.39 is 6.63 Å². The number of halogens is 1. The predicted molar refractivity (Wildman–Crippen MR) is 109 cm³/mol. The minimum atomic E-state index is -2.63. The standard InChI is InChI=1S/C24H22FNO/c25-15-6-1-7-16-26-17-22(20-12-4-5-14-23(20)26)24(27)21-13-8-10-18-9-2-3-11-19(18)21/h2-5,8-14,17H,1,6-7,15-16H2/i15D2. The van der Waals surface area contributed by atoms with Crippen molar-refractivity contribution in [3.63, 3.8) is 0 Å². The molecule has 0 atom stereocenters. The van der Waals surface area contributed by atoms with Gasteiger partial charge in [-0.05, 0) is 36.1 Å². The summed E-state index contributed by atoms with van der Waals surface area (Å²) < 4.78 is 29.1. The number of hydrogen-bond donors (Lipinski definition) is 0. The smallest absolute Gasteiger partial charge is 0.195 e. The molecule has 0 spiro atoms. The molecule has 0 aliphatic carbocycles. The van der Waals surface area contributed by atoms with E-state index in [1.54, 1.807) is 0 Å². The van der Waals surface area contributed by atoms with Crippen LogP contribution in [0.5, 0.6) is 0 Å². The first-order chi connectivity index (χ1) is 13.9. The van der Waals surface area contributed by atoms with E-state index in [0.717, 1.165) is 21.7 Å². The number of hydrogen-bond acceptors (Lipinski definition) is 1. The highest BCUT2D eigenvalue weighted by Gasteiger charge is 2.18. The summed E-state index contributed by atoms with van der Waals surface area (Å²) >= 11 is 0. The third-order valence-corrected chi connectivity index (χ3v) is 4.99. The van der Waals surface area contributed by atoms with Crippen LogP contribution >= 0.6 is 0 Å². The lowest BCUT2D eigenvalue weighted by atomic mass is 9.97. The van der Waals surface area contributed by atoms with Crippen LogP contribution in [0.15, 0.2) is 72.9 Å². The molecule has 4 aromatic rings. The minimum Gasteiger partial charge on any atom is -0.347 e. The van der Waals surface area contributed by atoms with E-state index in [1.807, 2.05) is 77.5 Å².